The predicted molar refractivity (Wildman–Crippen MR) is 41.4 cm³/mol. The molecule has 6 heteroatoms. The standard InChI is InChI=1S/C6H9N3O2S/c1-9-5-3-2-4-12(10,11)6(5)7-8-9/h2-4H2,1H3. The summed E-state index contributed by atoms with van der Waals surface area (Å²) in [6.45, 7) is 0. The number of aromatic nitrogens is 3. The van der Waals surface area contributed by atoms with Crippen LogP contribution >= 0.6 is 0 Å². The van der Waals surface area contributed by atoms with Gasteiger partial charge in [-0.3, -0.25) is 4.68 Å². The van der Waals surface area contributed by atoms with E-state index in [2.05, 4.69) is 10.3 Å². The van der Waals surface area contributed by atoms with Gasteiger partial charge < -0.3 is 0 Å². The highest BCUT2D eigenvalue weighted by molar-refractivity contribution is 7.91. The molecule has 5 nitrogen and oxygen atoms in total. The minimum atomic E-state index is -3.12. The molecule has 2 rings (SSSR count). The molecule has 1 aliphatic heterocycles. The van der Waals surface area contributed by atoms with Crippen molar-refractivity contribution in [1.82, 2.24) is 15.0 Å². The van der Waals surface area contributed by atoms with E-state index >= 15 is 0 Å². The van der Waals surface area contributed by atoms with Crippen molar-refractivity contribution in [1.29, 1.82) is 0 Å². The Kier molecular flexibility index (Phi) is 1.47. The number of rotatable bonds is 0. The van der Waals surface area contributed by atoms with Gasteiger partial charge in [0.2, 0.25) is 0 Å². The number of fused-ring (bicyclic) bond motifs is 1. The van der Waals surface area contributed by atoms with E-state index in [1.54, 1.807) is 7.05 Å². The van der Waals surface area contributed by atoms with Crippen molar-refractivity contribution in [3.63, 3.8) is 0 Å². The Labute approximate surface area is 70.3 Å². The van der Waals surface area contributed by atoms with Crippen LogP contribution in [0.2, 0.25) is 0 Å². The van der Waals surface area contributed by atoms with Crippen LogP contribution in [0.3, 0.4) is 0 Å². The minimum absolute atomic E-state index is 0.177. The lowest BCUT2D eigenvalue weighted by Gasteiger charge is -2.09. The highest BCUT2D eigenvalue weighted by Crippen LogP contribution is 2.21. The molecule has 0 N–H and O–H groups in total. The number of aryl methyl sites for hydroxylation is 1. The van der Waals surface area contributed by atoms with Crippen LogP contribution in [0, 0.1) is 0 Å². The number of nitrogens with zero attached hydrogens (tertiary/aromatic N) is 3. The third-order valence-electron chi connectivity index (χ3n) is 2.03. The fourth-order valence-electron chi connectivity index (χ4n) is 1.39. The van der Waals surface area contributed by atoms with Gasteiger partial charge in [0.25, 0.3) is 0 Å². The summed E-state index contributed by atoms with van der Waals surface area (Å²) in [6, 6.07) is 0. The van der Waals surface area contributed by atoms with Gasteiger partial charge in [0.15, 0.2) is 14.9 Å². The summed E-state index contributed by atoms with van der Waals surface area (Å²) in [5.41, 5.74) is 0.737. The fourth-order valence-corrected chi connectivity index (χ4v) is 2.87. The molecule has 0 atom stereocenters. The lowest BCUT2D eigenvalue weighted by Crippen LogP contribution is -2.17. The van der Waals surface area contributed by atoms with Crippen LogP contribution in [-0.4, -0.2) is 29.2 Å². The molecule has 0 unspecified atom stereocenters. The monoisotopic (exact) mass is 187 g/mol. The van der Waals surface area contributed by atoms with Crippen molar-refractivity contribution >= 4 is 9.84 Å². The van der Waals surface area contributed by atoms with Gasteiger partial charge in [-0.25, -0.2) is 8.42 Å². The van der Waals surface area contributed by atoms with E-state index in [-0.39, 0.29) is 10.8 Å². The number of hydrogen-bond acceptors (Lipinski definition) is 4. The van der Waals surface area contributed by atoms with Crippen molar-refractivity contribution in [2.24, 2.45) is 7.05 Å². The first-order valence-corrected chi connectivity index (χ1v) is 5.38. The molecule has 0 saturated heterocycles. The zero-order valence-corrected chi connectivity index (χ0v) is 7.50. The molecule has 0 radical (unpaired) electrons. The van der Waals surface area contributed by atoms with Gasteiger partial charge in [-0.1, -0.05) is 5.21 Å². The van der Waals surface area contributed by atoms with E-state index in [0.717, 1.165) is 12.1 Å². The lowest BCUT2D eigenvalue weighted by molar-refractivity contribution is 0.579. The molecule has 0 aromatic carbocycles. The molecule has 0 bridgehead atoms. The Balaban J connectivity index is 2.69. The van der Waals surface area contributed by atoms with E-state index in [9.17, 15) is 8.42 Å². The molecule has 66 valence electrons. The highest BCUT2D eigenvalue weighted by Gasteiger charge is 2.28. The Morgan fingerprint density at radius 3 is 2.92 bits per heavy atom. The van der Waals surface area contributed by atoms with Gasteiger partial charge in [-0.15, -0.1) is 5.10 Å². The van der Waals surface area contributed by atoms with E-state index in [1.165, 1.54) is 4.68 Å². The van der Waals surface area contributed by atoms with Crippen LogP contribution in [0.25, 0.3) is 0 Å². The molecule has 12 heavy (non-hydrogen) atoms. The molecule has 1 aromatic heterocycles. The molecule has 2 heterocycles. The molecule has 0 aliphatic carbocycles. The predicted octanol–water partition coefficient (Wildman–Crippen LogP) is -0.465. The van der Waals surface area contributed by atoms with E-state index in [0.29, 0.717) is 6.42 Å². The zero-order chi connectivity index (χ0) is 8.77. The highest BCUT2D eigenvalue weighted by atomic mass is 32.2. The minimum Gasteiger partial charge on any atom is -0.251 e. The third kappa shape index (κ3) is 0.945. The molecular weight excluding hydrogens is 178 g/mol. The SMILES string of the molecule is Cn1nnc2c1CCCS2(=O)=O. The van der Waals surface area contributed by atoms with Crippen LogP contribution in [0.4, 0.5) is 0 Å². The summed E-state index contributed by atoms with van der Waals surface area (Å²) in [6.07, 6.45) is 1.44. The molecule has 0 amide bonds. The van der Waals surface area contributed by atoms with E-state index in [4.69, 9.17) is 0 Å². The summed E-state index contributed by atoms with van der Waals surface area (Å²) >= 11 is 0. The summed E-state index contributed by atoms with van der Waals surface area (Å²) in [4.78, 5) is 0. The largest absolute Gasteiger partial charge is 0.251 e. The summed E-state index contributed by atoms with van der Waals surface area (Å²) in [5, 5.41) is 7.49. The van der Waals surface area contributed by atoms with Crippen LogP contribution in [0.5, 0.6) is 0 Å². The lowest BCUT2D eigenvalue weighted by atomic mass is 10.2. The molecule has 0 fully saturated rings. The second kappa shape index (κ2) is 2.29. The van der Waals surface area contributed by atoms with E-state index in [1.807, 2.05) is 0 Å². The number of sulfone groups is 1. The van der Waals surface area contributed by atoms with Gasteiger partial charge in [-0.2, -0.15) is 0 Å². The molecular formula is C6H9N3O2S. The summed E-state index contributed by atoms with van der Waals surface area (Å²) < 4.78 is 24.3. The molecule has 1 aliphatic rings. The average molecular weight is 187 g/mol. The van der Waals surface area contributed by atoms with Gasteiger partial charge in [0.05, 0.1) is 11.4 Å². The second-order valence-electron chi connectivity index (χ2n) is 2.89. The maximum atomic E-state index is 11.4. The zero-order valence-electron chi connectivity index (χ0n) is 6.69. The van der Waals surface area contributed by atoms with Crippen molar-refractivity contribution in [3.05, 3.63) is 5.69 Å². The molecule has 0 saturated carbocycles. The van der Waals surface area contributed by atoms with Crippen LogP contribution in [-0.2, 0) is 23.3 Å². The van der Waals surface area contributed by atoms with Crippen LogP contribution in [0.1, 0.15) is 12.1 Å². The van der Waals surface area contributed by atoms with Crippen LogP contribution < -0.4 is 0 Å². The first kappa shape index (κ1) is 7.72. The maximum absolute atomic E-state index is 11.4. The van der Waals surface area contributed by atoms with Crippen molar-refractivity contribution in [2.75, 3.05) is 5.75 Å². The normalized spacial score (nSPS) is 20.4. The summed E-state index contributed by atoms with van der Waals surface area (Å²) in [5.74, 6) is 0.207. The Bertz CT molecular complexity index is 406. The van der Waals surface area contributed by atoms with Gasteiger partial charge in [-0.05, 0) is 12.8 Å². The van der Waals surface area contributed by atoms with Gasteiger partial charge >= 0.3 is 0 Å². The summed E-state index contributed by atoms with van der Waals surface area (Å²) in [7, 11) is -1.40. The average Bonchev–Trinajstić information content (AvgIpc) is 2.33. The van der Waals surface area contributed by atoms with Gasteiger partial charge in [0, 0.05) is 7.05 Å². The van der Waals surface area contributed by atoms with Crippen molar-refractivity contribution < 1.29 is 8.42 Å². The Morgan fingerprint density at radius 1 is 1.50 bits per heavy atom. The van der Waals surface area contributed by atoms with Crippen LogP contribution in [0.15, 0.2) is 5.03 Å². The smallest absolute Gasteiger partial charge is 0.200 e. The second-order valence-corrected chi connectivity index (χ2v) is 4.91. The Hall–Kier alpha value is -0.910. The van der Waals surface area contributed by atoms with E-state index < -0.39 is 9.84 Å². The molecule has 1 aromatic rings. The Morgan fingerprint density at radius 2 is 2.25 bits per heavy atom. The van der Waals surface area contributed by atoms with Gasteiger partial charge in [0.1, 0.15) is 0 Å². The fraction of sp³-hybridized carbons (Fsp3) is 0.667. The maximum Gasteiger partial charge on any atom is 0.200 e. The van der Waals surface area contributed by atoms with Crippen molar-refractivity contribution in [3.8, 4) is 0 Å². The third-order valence-corrected chi connectivity index (χ3v) is 3.76. The first-order valence-electron chi connectivity index (χ1n) is 3.72. The quantitative estimate of drug-likeness (QED) is 0.551. The topological polar surface area (TPSA) is 64.8 Å². The molecule has 0 spiro atoms. The first-order chi connectivity index (χ1) is 5.61. The van der Waals surface area contributed by atoms with Crippen molar-refractivity contribution in [2.45, 2.75) is 17.9 Å². The number of hydrogen-bond donors (Lipinski definition) is 0.